The van der Waals surface area contributed by atoms with Gasteiger partial charge in [-0.2, -0.15) is 0 Å². The maximum atomic E-state index is 3.68. The molecular weight excluding hydrogens is 196 g/mol. The van der Waals surface area contributed by atoms with Crippen molar-refractivity contribution in [3.63, 3.8) is 0 Å². The lowest BCUT2D eigenvalue weighted by Crippen LogP contribution is -2.57. The van der Waals surface area contributed by atoms with Gasteiger partial charge in [-0.05, 0) is 32.6 Å². The van der Waals surface area contributed by atoms with Gasteiger partial charge < -0.3 is 5.32 Å². The van der Waals surface area contributed by atoms with E-state index in [0.29, 0.717) is 0 Å². The third kappa shape index (κ3) is 3.21. The molecule has 2 nitrogen and oxygen atoms in total. The number of nitrogens with zero attached hydrogens (tertiary/aromatic N) is 1. The van der Waals surface area contributed by atoms with Crippen LogP contribution < -0.4 is 5.32 Å². The normalized spacial score (nSPS) is 33.9. The molecule has 0 radical (unpaired) electrons. The van der Waals surface area contributed by atoms with Gasteiger partial charge in [0, 0.05) is 31.2 Å². The fraction of sp³-hybridized carbons (Fsp3) is 1.00. The maximum absolute atomic E-state index is 3.68. The lowest BCUT2D eigenvalue weighted by molar-refractivity contribution is 0.0889. The van der Waals surface area contributed by atoms with E-state index in [9.17, 15) is 0 Å². The van der Waals surface area contributed by atoms with E-state index in [1.807, 2.05) is 0 Å². The number of hydrogen-bond donors (Lipinski definition) is 1. The molecule has 0 bridgehead atoms. The first-order valence-corrected chi connectivity index (χ1v) is 7.19. The molecule has 2 heteroatoms. The Balaban J connectivity index is 1.83. The van der Waals surface area contributed by atoms with Gasteiger partial charge in [-0.3, -0.25) is 4.90 Å². The van der Waals surface area contributed by atoms with Gasteiger partial charge in [0.15, 0.2) is 0 Å². The Hall–Kier alpha value is -0.0800. The van der Waals surface area contributed by atoms with Crippen molar-refractivity contribution >= 4 is 0 Å². The molecule has 0 aromatic carbocycles. The quantitative estimate of drug-likeness (QED) is 0.772. The molecule has 16 heavy (non-hydrogen) atoms. The van der Waals surface area contributed by atoms with Crippen LogP contribution in [0.5, 0.6) is 0 Å². The summed E-state index contributed by atoms with van der Waals surface area (Å²) in [6.07, 6.45) is 7.05. The highest BCUT2D eigenvalue weighted by Gasteiger charge is 2.31. The molecule has 3 unspecified atom stereocenters. The molecule has 1 aliphatic heterocycles. The molecule has 1 aliphatic carbocycles. The van der Waals surface area contributed by atoms with Crippen molar-refractivity contribution in [1.29, 1.82) is 0 Å². The van der Waals surface area contributed by atoms with Crippen molar-refractivity contribution in [2.45, 2.75) is 71.0 Å². The summed E-state index contributed by atoms with van der Waals surface area (Å²) < 4.78 is 0. The maximum Gasteiger partial charge on any atom is 0.0195 e. The van der Waals surface area contributed by atoms with Gasteiger partial charge in [0.25, 0.3) is 0 Å². The molecule has 0 amide bonds. The van der Waals surface area contributed by atoms with Crippen LogP contribution >= 0.6 is 0 Å². The monoisotopic (exact) mass is 224 g/mol. The van der Waals surface area contributed by atoms with E-state index in [-0.39, 0.29) is 0 Å². The average Bonchev–Trinajstić information content (AvgIpc) is 3.05. The second-order valence-corrected chi connectivity index (χ2v) is 5.97. The van der Waals surface area contributed by atoms with Crippen LogP contribution in [0.4, 0.5) is 0 Å². The molecular formula is C14H28N2. The average molecular weight is 224 g/mol. The van der Waals surface area contributed by atoms with Gasteiger partial charge in [0.05, 0.1) is 0 Å². The van der Waals surface area contributed by atoms with E-state index in [1.165, 1.54) is 45.2 Å². The summed E-state index contributed by atoms with van der Waals surface area (Å²) >= 11 is 0. The van der Waals surface area contributed by atoms with Crippen LogP contribution in [-0.2, 0) is 0 Å². The molecule has 1 saturated heterocycles. The van der Waals surface area contributed by atoms with Gasteiger partial charge in [-0.1, -0.05) is 26.2 Å². The topological polar surface area (TPSA) is 15.3 Å². The standard InChI is InChI=1S/C14H28N2/c1-4-5-14-10-16(12(3)9-15-14)11(2)8-13-6-7-13/h11-15H,4-10H2,1-3H3. The summed E-state index contributed by atoms with van der Waals surface area (Å²) in [6, 6.07) is 2.26. The largest absolute Gasteiger partial charge is 0.311 e. The molecule has 94 valence electrons. The highest BCUT2D eigenvalue weighted by Crippen LogP contribution is 2.35. The van der Waals surface area contributed by atoms with Crippen LogP contribution in [0.25, 0.3) is 0 Å². The second-order valence-electron chi connectivity index (χ2n) is 5.97. The Morgan fingerprint density at radius 3 is 2.75 bits per heavy atom. The van der Waals surface area contributed by atoms with Crippen molar-refractivity contribution in [2.75, 3.05) is 13.1 Å². The first-order chi connectivity index (χ1) is 7.70. The van der Waals surface area contributed by atoms with Crippen LogP contribution in [0.1, 0.15) is 52.9 Å². The zero-order valence-electron chi connectivity index (χ0n) is 11.2. The second kappa shape index (κ2) is 5.50. The van der Waals surface area contributed by atoms with Gasteiger partial charge in [0.2, 0.25) is 0 Å². The zero-order valence-corrected chi connectivity index (χ0v) is 11.2. The first-order valence-electron chi connectivity index (χ1n) is 7.19. The third-order valence-electron chi connectivity index (χ3n) is 4.27. The summed E-state index contributed by atoms with van der Waals surface area (Å²) in [5.41, 5.74) is 0. The van der Waals surface area contributed by atoms with E-state index in [0.717, 1.165) is 24.0 Å². The predicted molar refractivity (Wildman–Crippen MR) is 69.7 cm³/mol. The number of piperazine rings is 1. The summed E-state index contributed by atoms with van der Waals surface area (Å²) in [6.45, 7) is 9.54. The van der Waals surface area contributed by atoms with E-state index in [4.69, 9.17) is 0 Å². The van der Waals surface area contributed by atoms with Crippen molar-refractivity contribution < 1.29 is 0 Å². The Kier molecular flexibility index (Phi) is 4.26. The predicted octanol–water partition coefficient (Wildman–Crippen LogP) is 2.64. The first kappa shape index (κ1) is 12.4. The van der Waals surface area contributed by atoms with E-state index in [2.05, 4.69) is 31.0 Å². The van der Waals surface area contributed by atoms with Crippen LogP contribution in [0, 0.1) is 5.92 Å². The molecule has 1 saturated carbocycles. The minimum atomic E-state index is 0.724. The van der Waals surface area contributed by atoms with Crippen molar-refractivity contribution in [2.24, 2.45) is 5.92 Å². The minimum Gasteiger partial charge on any atom is -0.311 e. The number of rotatable bonds is 5. The fourth-order valence-corrected chi connectivity index (χ4v) is 3.08. The van der Waals surface area contributed by atoms with Crippen LogP contribution in [0.15, 0.2) is 0 Å². The Bertz CT molecular complexity index is 213. The van der Waals surface area contributed by atoms with Crippen LogP contribution in [0.2, 0.25) is 0 Å². The zero-order chi connectivity index (χ0) is 11.5. The molecule has 0 aromatic heterocycles. The summed E-state index contributed by atoms with van der Waals surface area (Å²) in [5.74, 6) is 1.06. The lowest BCUT2D eigenvalue weighted by Gasteiger charge is -2.42. The Morgan fingerprint density at radius 2 is 2.12 bits per heavy atom. The fourth-order valence-electron chi connectivity index (χ4n) is 3.08. The molecule has 2 fully saturated rings. The number of hydrogen-bond acceptors (Lipinski definition) is 2. The SMILES string of the molecule is CCCC1CN(C(C)CC2CC2)C(C)CN1. The molecule has 2 rings (SSSR count). The lowest BCUT2D eigenvalue weighted by atomic mass is 10.0. The Morgan fingerprint density at radius 1 is 1.38 bits per heavy atom. The van der Waals surface area contributed by atoms with E-state index in [1.54, 1.807) is 0 Å². The number of nitrogens with one attached hydrogen (secondary N) is 1. The van der Waals surface area contributed by atoms with Crippen molar-refractivity contribution in [3.8, 4) is 0 Å². The molecule has 2 aliphatic rings. The summed E-state index contributed by atoms with van der Waals surface area (Å²) in [5, 5.41) is 3.68. The molecule has 3 atom stereocenters. The minimum absolute atomic E-state index is 0.724. The van der Waals surface area contributed by atoms with Gasteiger partial charge in [-0.15, -0.1) is 0 Å². The highest BCUT2D eigenvalue weighted by molar-refractivity contribution is 4.88. The molecule has 0 spiro atoms. The smallest absolute Gasteiger partial charge is 0.0195 e. The molecule has 1 N–H and O–H groups in total. The molecule has 1 heterocycles. The van der Waals surface area contributed by atoms with Crippen LogP contribution in [0.3, 0.4) is 0 Å². The van der Waals surface area contributed by atoms with E-state index >= 15 is 0 Å². The van der Waals surface area contributed by atoms with Crippen molar-refractivity contribution in [3.05, 3.63) is 0 Å². The summed E-state index contributed by atoms with van der Waals surface area (Å²) in [7, 11) is 0. The van der Waals surface area contributed by atoms with Crippen LogP contribution in [-0.4, -0.2) is 36.1 Å². The van der Waals surface area contributed by atoms with Gasteiger partial charge in [0.1, 0.15) is 0 Å². The van der Waals surface area contributed by atoms with E-state index < -0.39 is 0 Å². The van der Waals surface area contributed by atoms with Gasteiger partial charge >= 0.3 is 0 Å². The molecule has 0 aromatic rings. The van der Waals surface area contributed by atoms with Crippen molar-refractivity contribution in [1.82, 2.24) is 10.2 Å². The Labute approximate surface area is 101 Å². The van der Waals surface area contributed by atoms with Gasteiger partial charge in [-0.25, -0.2) is 0 Å². The highest BCUT2D eigenvalue weighted by atomic mass is 15.2. The summed E-state index contributed by atoms with van der Waals surface area (Å²) in [4.78, 5) is 2.75. The third-order valence-corrected chi connectivity index (χ3v) is 4.27.